The van der Waals surface area contributed by atoms with E-state index in [-0.39, 0.29) is 11.8 Å². The first-order valence-corrected chi connectivity index (χ1v) is 9.36. The number of aromatic amines is 1. The average Bonchev–Trinajstić information content (AvgIpc) is 3.10. The van der Waals surface area contributed by atoms with Crippen LogP contribution in [0.1, 0.15) is 18.9 Å². The fourth-order valence-electron chi connectivity index (χ4n) is 3.49. The predicted molar refractivity (Wildman–Crippen MR) is 103 cm³/mol. The van der Waals surface area contributed by atoms with Crippen LogP contribution in [0.15, 0.2) is 30.5 Å². The van der Waals surface area contributed by atoms with Crippen LogP contribution >= 0.6 is 0 Å². The number of H-pyrrole nitrogens is 1. The molecule has 1 saturated heterocycles. The van der Waals surface area contributed by atoms with Gasteiger partial charge in [-0.1, -0.05) is 18.2 Å². The zero-order valence-corrected chi connectivity index (χ0v) is 15.7. The van der Waals surface area contributed by atoms with E-state index in [2.05, 4.69) is 11.1 Å². The summed E-state index contributed by atoms with van der Waals surface area (Å²) in [4.78, 5) is 43.6. The fraction of sp³-hybridized carbons (Fsp3) is 0.450. The molecular formula is C20H26N4O3. The van der Waals surface area contributed by atoms with Crippen molar-refractivity contribution in [2.24, 2.45) is 0 Å². The van der Waals surface area contributed by atoms with Gasteiger partial charge in [-0.25, -0.2) is 0 Å². The van der Waals surface area contributed by atoms with Crippen LogP contribution in [0.2, 0.25) is 0 Å². The minimum Gasteiger partial charge on any atom is -0.361 e. The molecule has 1 aromatic carbocycles. The number of para-hydroxylation sites is 1. The Morgan fingerprint density at radius 3 is 2.59 bits per heavy atom. The van der Waals surface area contributed by atoms with E-state index in [1.165, 1.54) is 10.9 Å². The normalized spacial score (nSPS) is 14.4. The molecule has 1 aliphatic rings. The van der Waals surface area contributed by atoms with E-state index in [1.807, 2.05) is 24.4 Å². The Morgan fingerprint density at radius 2 is 1.89 bits per heavy atom. The molecule has 144 valence electrons. The van der Waals surface area contributed by atoms with Crippen LogP contribution < -0.4 is 0 Å². The van der Waals surface area contributed by atoms with E-state index < -0.39 is 0 Å². The highest BCUT2D eigenvalue weighted by Gasteiger charge is 2.21. The van der Waals surface area contributed by atoms with Crippen molar-refractivity contribution in [2.45, 2.75) is 19.8 Å². The van der Waals surface area contributed by atoms with E-state index in [4.69, 9.17) is 0 Å². The molecule has 2 heterocycles. The van der Waals surface area contributed by atoms with Crippen molar-refractivity contribution in [3.05, 3.63) is 36.0 Å². The van der Waals surface area contributed by atoms with Gasteiger partial charge in [-0.05, 0) is 18.1 Å². The van der Waals surface area contributed by atoms with Crippen molar-refractivity contribution >= 4 is 29.1 Å². The standard InChI is InChI=1S/C20H26N4O3/c1-16(26)23(8-6-17-14-21-19-5-3-2-4-18(17)19)9-7-20(27)24-12-10-22(15-25)11-13-24/h2-5,14-15,21H,6-13H2,1H3. The second kappa shape index (κ2) is 8.70. The third kappa shape index (κ3) is 4.67. The largest absolute Gasteiger partial charge is 0.361 e. The quantitative estimate of drug-likeness (QED) is 0.745. The molecule has 0 radical (unpaired) electrons. The lowest BCUT2D eigenvalue weighted by Gasteiger charge is -2.33. The lowest BCUT2D eigenvalue weighted by Crippen LogP contribution is -2.48. The third-order valence-electron chi connectivity index (χ3n) is 5.18. The molecule has 3 amide bonds. The van der Waals surface area contributed by atoms with E-state index in [9.17, 15) is 14.4 Å². The van der Waals surface area contributed by atoms with Gasteiger partial charge in [-0.2, -0.15) is 0 Å². The van der Waals surface area contributed by atoms with Crippen molar-refractivity contribution < 1.29 is 14.4 Å². The topological polar surface area (TPSA) is 76.7 Å². The first-order valence-electron chi connectivity index (χ1n) is 9.36. The highest BCUT2D eigenvalue weighted by Crippen LogP contribution is 2.18. The summed E-state index contributed by atoms with van der Waals surface area (Å²) in [6.45, 7) is 4.83. The van der Waals surface area contributed by atoms with Gasteiger partial charge >= 0.3 is 0 Å². The molecule has 0 unspecified atom stereocenters. The maximum absolute atomic E-state index is 12.4. The van der Waals surface area contributed by atoms with E-state index in [1.54, 1.807) is 21.6 Å². The highest BCUT2D eigenvalue weighted by molar-refractivity contribution is 5.83. The summed E-state index contributed by atoms with van der Waals surface area (Å²) in [6.07, 6.45) is 3.87. The van der Waals surface area contributed by atoms with E-state index >= 15 is 0 Å². The smallest absolute Gasteiger partial charge is 0.224 e. The zero-order chi connectivity index (χ0) is 19.2. The number of amides is 3. The Balaban J connectivity index is 1.51. The number of piperazine rings is 1. The molecular weight excluding hydrogens is 344 g/mol. The van der Waals surface area contributed by atoms with Crippen LogP contribution in [0.4, 0.5) is 0 Å². The SMILES string of the molecule is CC(=O)N(CCC(=O)N1CCN(C=O)CC1)CCc1c[nH]c2ccccc12. The summed E-state index contributed by atoms with van der Waals surface area (Å²) in [5.41, 5.74) is 2.26. The van der Waals surface area contributed by atoms with Crippen LogP contribution in [0.3, 0.4) is 0 Å². The Hall–Kier alpha value is -2.83. The molecule has 7 heteroatoms. The van der Waals surface area contributed by atoms with Gasteiger partial charge in [-0.15, -0.1) is 0 Å². The van der Waals surface area contributed by atoms with Crippen molar-refractivity contribution in [2.75, 3.05) is 39.3 Å². The molecule has 7 nitrogen and oxygen atoms in total. The van der Waals surface area contributed by atoms with Gasteiger partial charge in [0.2, 0.25) is 18.2 Å². The molecule has 0 spiro atoms. The maximum Gasteiger partial charge on any atom is 0.224 e. The lowest BCUT2D eigenvalue weighted by atomic mass is 10.1. The molecule has 1 aliphatic heterocycles. The number of fused-ring (bicyclic) bond motifs is 1. The van der Waals surface area contributed by atoms with Gasteiger partial charge in [0, 0.05) is 69.7 Å². The Labute approximate surface area is 158 Å². The summed E-state index contributed by atoms with van der Waals surface area (Å²) in [5.74, 6) is 0.0207. The number of benzene rings is 1. The Kier molecular flexibility index (Phi) is 6.11. The fourth-order valence-corrected chi connectivity index (χ4v) is 3.49. The van der Waals surface area contributed by atoms with E-state index in [0.717, 1.165) is 18.3 Å². The lowest BCUT2D eigenvalue weighted by molar-refractivity contribution is -0.136. The Bertz CT molecular complexity index is 808. The first-order chi connectivity index (χ1) is 13.1. The minimum atomic E-state index is -0.0200. The molecule has 27 heavy (non-hydrogen) atoms. The summed E-state index contributed by atoms with van der Waals surface area (Å²) in [7, 11) is 0. The van der Waals surface area contributed by atoms with Crippen molar-refractivity contribution in [1.29, 1.82) is 0 Å². The van der Waals surface area contributed by atoms with Gasteiger partial charge in [-0.3, -0.25) is 14.4 Å². The zero-order valence-electron chi connectivity index (χ0n) is 15.7. The Morgan fingerprint density at radius 1 is 1.15 bits per heavy atom. The summed E-state index contributed by atoms with van der Waals surface area (Å²) >= 11 is 0. The monoisotopic (exact) mass is 370 g/mol. The molecule has 0 bridgehead atoms. The summed E-state index contributed by atoms with van der Waals surface area (Å²) < 4.78 is 0. The number of nitrogens with one attached hydrogen (secondary N) is 1. The van der Waals surface area contributed by atoms with Crippen LogP contribution in [-0.4, -0.2) is 77.2 Å². The highest BCUT2D eigenvalue weighted by atomic mass is 16.2. The van der Waals surface area contributed by atoms with E-state index in [0.29, 0.717) is 45.7 Å². The van der Waals surface area contributed by atoms with Crippen LogP contribution in [-0.2, 0) is 20.8 Å². The second-order valence-corrected chi connectivity index (χ2v) is 6.89. The summed E-state index contributed by atoms with van der Waals surface area (Å²) in [6, 6.07) is 8.10. The molecule has 0 atom stereocenters. The molecule has 2 aromatic rings. The van der Waals surface area contributed by atoms with Crippen LogP contribution in [0.25, 0.3) is 10.9 Å². The number of rotatable bonds is 7. The molecule has 3 rings (SSSR count). The molecule has 1 aromatic heterocycles. The first kappa shape index (κ1) is 18.9. The molecule has 0 saturated carbocycles. The number of hydrogen-bond acceptors (Lipinski definition) is 3. The molecule has 0 aliphatic carbocycles. The van der Waals surface area contributed by atoms with Gasteiger partial charge < -0.3 is 19.7 Å². The van der Waals surface area contributed by atoms with Crippen molar-refractivity contribution in [1.82, 2.24) is 19.7 Å². The second-order valence-electron chi connectivity index (χ2n) is 6.89. The number of carbonyl (C=O) groups is 3. The molecule has 1 fully saturated rings. The van der Waals surface area contributed by atoms with Gasteiger partial charge in [0.15, 0.2) is 0 Å². The third-order valence-corrected chi connectivity index (χ3v) is 5.18. The maximum atomic E-state index is 12.4. The van der Waals surface area contributed by atoms with Crippen LogP contribution in [0.5, 0.6) is 0 Å². The van der Waals surface area contributed by atoms with Crippen LogP contribution in [0, 0.1) is 0 Å². The number of aromatic nitrogens is 1. The average molecular weight is 370 g/mol. The predicted octanol–water partition coefficient (Wildman–Crippen LogP) is 1.25. The van der Waals surface area contributed by atoms with Gasteiger partial charge in [0.1, 0.15) is 0 Å². The minimum absolute atomic E-state index is 0.0200. The molecule has 1 N–H and O–H groups in total. The van der Waals surface area contributed by atoms with Gasteiger partial charge in [0.05, 0.1) is 0 Å². The number of nitrogens with zero attached hydrogens (tertiary/aromatic N) is 3. The van der Waals surface area contributed by atoms with Gasteiger partial charge in [0.25, 0.3) is 0 Å². The summed E-state index contributed by atoms with van der Waals surface area (Å²) in [5, 5.41) is 1.17. The number of hydrogen-bond donors (Lipinski definition) is 1. The number of carbonyl (C=O) groups excluding carboxylic acids is 3. The van der Waals surface area contributed by atoms with Crippen molar-refractivity contribution in [3.8, 4) is 0 Å². The van der Waals surface area contributed by atoms with Crippen molar-refractivity contribution in [3.63, 3.8) is 0 Å².